The van der Waals surface area contributed by atoms with Gasteiger partial charge in [-0.3, -0.25) is 4.79 Å². The number of nitrogens with one attached hydrogen (secondary N) is 1. The third kappa shape index (κ3) is 5.06. The summed E-state index contributed by atoms with van der Waals surface area (Å²) >= 11 is 3.34. The average Bonchev–Trinajstić information content (AvgIpc) is 2.50. The highest BCUT2D eigenvalue weighted by atomic mass is 79.9. The van der Waals surface area contributed by atoms with Crippen molar-refractivity contribution >= 4 is 27.5 Å². The molecule has 3 nitrogen and oxygen atoms in total. The molecule has 0 spiro atoms. The molecule has 25 heavy (non-hydrogen) atoms. The van der Waals surface area contributed by atoms with Gasteiger partial charge in [-0.15, -0.1) is 0 Å². The predicted octanol–water partition coefficient (Wildman–Crippen LogP) is 5.09. The van der Waals surface area contributed by atoms with Gasteiger partial charge in [-0.1, -0.05) is 28.1 Å². The predicted molar refractivity (Wildman–Crippen MR) is 95.7 cm³/mol. The van der Waals surface area contributed by atoms with E-state index in [9.17, 15) is 18.0 Å². The van der Waals surface area contributed by atoms with E-state index in [1.807, 2.05) is 6.92 Å². The Bertz CT molecular complexity index is 788. The SMILES string of the molecule is Cc1ccc(C(=O)Nc2ccc(CN(C)C)c(C(F)(F)F)c2)cc1Br. The lowest BCUT2D eigenvalue weighted by molar-refractivity contribution is -0.138. The topological polar surface area (TPSA) is 32.3 Å². The number of rotatable bonds is 4. The van der Waals surface area contributed by atoms with Gasteiger partial charge >= 0.3 is 6.18 Å². The first-order valence-corrected chi connectivity index (χ1v) is 8.29. The lowest BCUT2D eigenvalue weighted by Crippen LogP contribution is -2.18. The fraction of sp³-hybridized carbons (Fsp3) is 0.278. The van der Waals surface area contributed by atoms with Crippen LogP contribution in [-0.4, -0.2) is 24.9 Å². The molecule has 0 unspecified atom stereocenters. The Labute approximate surface area is 153 Å². The second-order valence-electron chi connectivity index (χ2n) is 6.03. The van der Waals surface area contributed by atoms with Crippen molar-refractivity contribution in [3.8, 4) is 0 Å². The summed E-state index contributed by atoms with van der Waals surface area (Å²) in [5.74, 6) is -0.464. The van der Waals surface area contributed by atoms with Crippen molar-refractivity contribution in [1.29, 1.82) is 0 Å². The van der Waals surface area contributed by atoms with Gasteiger partial charge in [-0.25, -0.2) is 0 Å². The van der Waals surface area contributed by atoms with Crippen molar-refractivity contribution < 1.29 is 18.0 Å². The second-order valence-corrected chi connectivity index (χ2v) is 6.88. The average molecular weight is 415 g/mol. The third-order valence-electron chi connectivity index (χ3n) is 3.59. The van der Waals surface area contributed by atoms with E-state index in [4.69, 9.17) is 0 Å². The number of hydrogen-bond donors (Lipinski definition) is 1. The Kier molecular flexibility index (Phi) is 5.90. The molecule has 134 valence electrons. The van der Waals surface area contributed by atoms with E-state index in [-0.39, 0.29) is 17.8 Å². The Morgan fingerprint density at radius 3 is 2.40 bits per heavy atom. The molecule has 0 aromatic heterocycles. The standard InChI is InChI=1S/C18H18BrF3N2O/c1-11-4-5-12(8-16(11)19)17(25)23-14-7-6-13(10-24(2)3)15(9-14)18(20,21)22/h4-9H,10H2,1-3H3,(H,23,25). The van der Waals surface area contributed by atoms with Crippen LogP contribution in [0.4, 0.5) is 18.9 Å². The van der Waals surface area contributed by atoms with E-state index < -0.39 is 17.6 Å². The maximum absolute atomic E-state index is 13.3. The number of hydrogen-bond acceptors (Lipinski definition) is 2. The van der Waals surface area contributed by atoms with Gasteiger partial charge in [0.15, 0.2) is 0 Å². The fourth-order valence-electron chi connectivity index (χ4n) is 2.33. The molecular weight excluding hydrogens is 397 g/mol. The number of alkyl halides is 3. The molecule has 7 heteroatoms. The quantitative estimate of drug-likeness (QED) is 0.755. The molecule has 0 radical (unpaired) electrons. The highest BCUT2D eigenvalue weighted by Crippen LogP contribution is 2.34. The highest BCUT2D eigenvalue weighted by molar-refractivity contribution is 9.10. The van der Waals surface area contributed by atoms with Gasteiger partial charge < -0.3 is 10.2 Å². The van der Waals surface area contributed by atoms with Gasteiger partial charge in [0.1, 0.15) is 0 Å². The summed E-state index contributed by atoms with van der Waals surface area (Å²) in [5.41, 5.74) is 0.849. The van der Waals surface area contributed by atoms with Crippen LogP contribution in [-0.2, 0) is 12.7 Å². The van der Waals surface area contributed by atoms with Crippen LogP contribution in [0.1, 0.15) is 27.0 Å². The number of benzene rings is 2. The minimum absolute atomic E-state index is 0.108. The largest absolute Gasteiger partial charge is 0.416 e. The van der Waals surface area contributed by atoms with Crippen LogP contribution in [0.25, 0.3) is 0 Å². The third-order valence-corrected chi connectivity index (χ3v) is 4.45. The summed E-state index contributed by atoms with van der Waals surface area (Å²) in [7, 11) is 3.40. The first-order valence-electron chi connectivity index (χ1n) is 7.50. The van der Waals surface area contributed by atoms with Gasteiger partial charge in [-0.05, 0) is 56.4 Å². The molecule has 1 amide bonds. The Morgan fingerprint density at radius 1 is 1.16 bits per heavy atom. The number of anilines is 1. The molecule has 0 aliphatic heterocycles. The number of halogens is 4. The first-order chi connectivity index (χ1) is 11.6. The number of nitrogens with zero attached hydrogens (tertiary/aromatic N) is 1. The zero-order valence-corrected chi connectivity index (χ0v) is 15.6. The molecular formula is C18H18BrF3N2O. The van der Waals surface area contributed by atoms with E-state index >= 15 is 0 Å². The zero-order chi connectivity index (χ0) is 18.8. The minimum atomic E-state index is -4.49. The summed E-state index contributed by atoms with van der Waals surface area (Å²) in [6.07, 6.45) is -4.49. The van der Waals surface area contributed by atoms with E-state index in [1.54, 1.807) is 37.2 Å². The highest BCUT2D eigenvalue weighted by Gasteiger charge is 2.33. The lowest BCUT2D eigenvalue weighted by atomic mass is 10.1. The van der Waals surface area contributed by atoms with Crippen LogP contribution in [0, 0.1) is 6.92 Å². The van der Waals surface area contributed by atoms with Gasteiger partial charge in [0.25, 0.3) is 5.91 Å². The summed E-state index contributed by atoms with van der Waals surface area (Å²) in [6.45, 7) is 2.04. The summed E-state index contributed by atoms with van der Waals surface area (Å²) in [6, 6.07) is 8.87. The second kappa shape index (κ2) is 7.58. The van der Waals surface area contributed by atoms with E-state index in [0.29, 0.717) is 5.56 Å². The van der Waals surface area contributed by atoms with Crippen molar-refractivity contribution in [2.24, 2.45) is 0 Å². The van der Waals surface area contributed by atoms with Gasteiger partial charge in [-0.2, -0.15) is 13.2 Å². The minimum Gasteiger partial charge on any atom is -0.322 e. The molecule has 0 heterocycles. The molecule has 1 N–H and O–H groups in total. The monoisotopic (exact) mass is 414 g/mol. The van der Waals surface area contributed by atoms with Gasteiger partial charge in [0, 0.05) is 22.3 Å². The maximum Gasteiger partial charge on any atom is 0.416 e. The number of aryl methyl sites for hydroxylation is 1. The van der Waals surface area contributed by atoms with Crippen molar-refractivity contribution in [3.05, 3.63) is 63.1 Å². The smallest absolute Gasteiger partial charge is 0.322 e. The summed E-state index contributed by atoms with van der Waals surface area (Å²) < 4.78 is 40.7. The Balaban J connectivity index is 2.30. The zero-order valence-electron chi connectivity index (χ0n) is 14.0. The van der Waals surface area contributed by atoms with Crippen molar-refractivity contribution in [2.45, 2.75) is 19.6 Å². The fourth-order valence-corrected chi connectivity index (χ4v) is 2.71. The van der Waals surface area contributed by atoms with Crippen LogP contribution < -0.4 is 5.32 Å². The normalized spacial score (nSPS) is 11.7. The molecule has 0 saturated heterocycles. The molecule has 0 saturated carbocycles. The molecule has 0 bridgehead atoms. The lowest BCUT2D eigenvalue weighted by Gasteiger charge is -2.18. The van der Waals surface area contributed by atoms with E-state index in [0.717, 1.165) is 16.1 Å². The van der Waals surface area contributed by atoms with E-state index in [1.165, 1.54) is 12.1 Å². The molecule has 0 aliphatic rings. The molecule has 0 atom stereocenters. The molecule has 2 rings (SSSR count). The van der Waals surface area contributed by atoms with Crippen LogP contribution >= 0.6 is 15.9 Å². The molecule has 2 aromatic carbocycles. The van der Waals surface area contributed by atoms with Crippen LogP contribution in [0.5, 0.6) is 0 Å². The molecule has 0 aliphatic carbocycles. The maximum atomic E-state index is 13.3. The number of amides is 1. The molecule has 0 fully saturated rings. The van der Waals surface area contributed by atoms with Crippen molar-refractivity contribution in [2.75, 3.05) is 19.4 Å². The van der Waals surface area contributed by atoms with Gasteiger partial charge in [0.2, 0.25) is 0 Å². The number of carbonyl (C=O) groups is 1. The van der Waals surface area contributed by atoms with Crippen LogP contribution in [0.3, 0.4) is 0 Å². The Morgan fingerprint density at radius 2 is 1.84 bits per heavy atom. The van der Waals surface area contributed by atoms with Crippen LogP contribution in [0.15, 0.2) is 40.9 Å². The summed E-state index contributed by atoms with van der Waals surface area (Å²) in [5, 5.41) is 2.52. The van der Waals surface area contributed by atoms with Crippen molar-refractivity contribution in [3.63, 3.8) is 0 Å². The van der Waals surface area contributed by atoms with Crippen molar-refractivity contribution in [1.82, 2.24) is 4.90 Å². The van der Waals surface area contributed by atoms with Crippen LogP contribution in [0.2, 0.25) is 0 Å². The van der Waals surface area contributed by atoms with E-state index in [2.05, 4.69) is 21.2 Å². The number of carbonyl (C=O) groups excluding carboxylic acids is 1. The Hall–Kier alpha value is -1.86. The summed E-state index contributed by atoms with van der Waals surface area (Å²) in [4.78, 5) is 13.9. The first kappa shape index (κ1) is 19.5. The molecule has 2 aromatic rings. The van der Waals surface area contributed by atoms with Gasteiger partial charge in [0.05, 0.1) is 5.56 Å².